The van der Waals surface area contributed by atoms with Crippen molar-refractivity contribution in [1.29, 1.82) is 0 Å². The van der Waals surface area contributed by atoms with Gasteiger partial charge in [0.1, 0.15) is 17.2 Å². The lowest BCUT2D eigenvalue weighted by Crippen LogP contribution is -2.40. The SMILES string of the molecule is O=C(Oc1ccc(C=NNC(=O)C(Oc2ccccc2)Oc2ccccc2)cc1)c1cccc(Cl)c1. The third-order valence-electron chi connectivity index (χ3n) is 4.73. The highest BCUT2D eigenvalue weighted by Crippen LogP contribution is 2.17. The Labute approximate surface area is 212 Å². The number of esters is 1. The fourth-order valence-electron chi connectivity index (χ4n) is 3.00. The molecule has 0 unspecified atom stereocenters. The first-order chi connectivity index (χ1) is 17.6. The van der Waals surface area contributed by atoms with Crippen molar-refractivity contribution in [2.24, 2.45) is 5.10 Å². The highest BCUT2D eigenvalue weighted by molar-refractivity contribution is 6.30. The van der Waals surface area contributed by atoms with Crippen molar-refractivity contribution in [2.45, 2.75) is 6.29 Å². The zero-order valence-corrected chi connectivity index (χ0v) is 19.7. The molecule has 0 saturated heterocycles. The van der Waals surface area contributed by atoms with Gasteiger partial charge in [-0.15, -0.1) is 0 Å². The second kappa shape index (κ2) is 12.2. The molecule has 0 fully saturated rings. The van der Waals surface area contributed by atoms with E-state index in [1.165, 1.54) is 12.3 Å². The second-order valence-corrected chi connectivity index (χ2v) is 7.83. The first-order valence-corrected chi connectivity index (χ1v) is 11.3. The van der Waals surface area contributed by atoms with Gasteiger partial charge in [0.25, 0.3) is 0 Å². The lowest BCUT2D eigenvalue weighted by Gasteiger charge is -2.18. The van der Waals surface area contributed by atoms with Crippen molar-refractivity contribution in [1.82, 2.24) is 5.43 Å². The van der Waals surface area contributed by atoms with Crippen molar-refractivity contribution >= 4 is 29.7 Å². The number of hydrazone groups is 1. The van der Waals surface area contributed by atoms with Gasteiger partial charge in [-0.1, -0.05) is 54.1 Å². The van der Waals surface area contributed by atoms with Gasteiger partial charge >= 0.3 is 18.2 Å². The molecule has 0 radical (unpaired) electrons. The average molecular weight is 501 g/mol. The van der Waals surface area contributed by atoms with Crippen LogP contribution >= 0.6 is 11.6 Å². The summed E-state index contributed by atoms with van der Waals surface area (Å²) in [6, 6.07) is 30.8. The molecule has 0 atom stereocenters. The smallest absolute Gasteiger partial charge is 0.343 e. The van der Waals surface area contributed by atoms with Gasteiger partial charge in [0.15, 0.2) is 0 Å². The van der Waals surface area contributed by atoms with Gasteiger partial charge < -0.3 is 14.2 Å². The predicted octanol–water partition coefficient (Wildman–Crippen LogP) is 5.49. The molecule has 0 heterocycles. The van der Waals surface area contributed by atoms with E-state index in [9.17, 15) is 9.59 Å². The average Bonchev–Trinajstić information content (AvgIpc) is 2.90. The van der Waals surface area contributed by atoms with Gasteiger partial charge in [-0.3, -0.25) is 4.79 Å². The van der Waals surface area contributed by atoms with Gasteiger partial charge in [-0.25, -0.2) is 10.2 Å². The molecule has 4 aromatic carbocycles. The highest BCUT2D eigenvalue weighted by Gasteiger charge is 2.22. The Hall–Kier alpha value is -4.62. The van der Waals surface area contributed by atoms with Crippen LogP contribution in [0.15, 0.2) is 114 Å². The number of amides is 1. The summed E-state index contributed by atoms with van der Waals surface area (Å²) < 4.78 is 16.8. The van der Waals surface area contributed by atoms with E-state index in [-0.39, 0.29) is 0 Å². The summed E-state index contributed by atoms with van der Waals surface area (Å²) >= 11 is 5.92. The second-order valence-electron chi connectivity index (χ2n) is 7.40. The number of benzene rings is 4. The Balaban J connectivity index is 1.36. The summed E-state index contributed by atoms with van der Waals surface area (Å²) in [6.07, 6.45) is 0.183. The number of rotatable bonds is 9. The predicted molar refractivity (Wildman–Crippen MR) is 137 cm³/mol. The van der Waals surface area contributed by atoms with E-state index in [0.29, 0.717) is 33.4 Å². The molecular weight excluding hydrogens is 480 g/mol. The van der Waals surface area contributed by atoms with E-state index < -0.39 is 18.2 Å². The minimum atomic E-state index is -1.26. The molecule has 8 heteroatoms. The van der Waals surface area contributed by atoms with Gasteiger partial charge in [0, 0.05) is 5.02 Å². The molecule has 0 aromatic heterocycles. The zero-order chi connectivity index (χ0) is 25.2. The Kier molecular flexibility index (Phi) is 8.30. The summed E-state index contributed by atoms with van der Waals surface area (Å²) in [4.78, 5) is 25.0. The lowest BCUT2D eigenvalue weighted by molar-refractivity contribution is -0.140. The molecule has 0 aliphatic carbocycles. The van der Waals surface area contributed by atoms with Crippen LogP contribution in [0, 0.1) is 0 Å². The van der Waals surface area contributed by atoms with E-state index in [1.807, 2.05) is 12.1 Å². The fraction of sp³-hybridized carbons (Fsp3) is 0.0357. The molecular formula is C28H21ClN2O5. The first kappa shape index (κ1) is 24.5. The monoisotopic (exact) mass is 500 g/mol. The van der Waals surface area contributed by atoms with Crippen LogP contribution in [0.4, 0.5) is 0 Å². The fourth-order valence-corrected chi connectivity index (χ4v) is 3.19. The zero-order valence-electron chi connectivity index (χ0n) is 18.9. The van der Waals surface area contributed by atoms with Gasteiger partial charge in [0.05, 0.1) is 11.8 Å². The summed E-state index contributed by atoms with van der Waals surface area (Å²) in [5.74, 6) is 0.190. The maximum absolute atomic E-state index is 12.7. The summed E-state index contributed by atoms with van der Waals surface area (Å²) in [6.45, 7) is 0. The maximum atomic E-state index is 12.7. The van der Waals surface area contributed by atoms with Crippen LogP contribution in [0.3, 0.4) is 0 Å². The van der Waals surface area contributed by atoms with E-state index in [1.54, 1.807) is 91.0 Å². The Bertz CT molecular complexity index is 1290. The maximum Gasteiger partial charge on any atom is 0.343 e. The van der Waals surface area contributed by atoms with Gasteiger partial charge in [-0.05, 0) is 72.3 Å². The minimum Gasteiger partial charge on any atom is -0.446 e. The van der Waals surface area contributed by atoms with Crippen LogP contribution in [-0.2, 0) is 4.79 Å². The third kappa shape index (κ3) is 7.19. The minimum absolute atomic E-state index is 0.348. The molecule has 1 N–H and O–H groups in total. The topological polar surface area (TPSA) is 86.2 Å². The molecule has 4 aromatic rings. The first-order valence-electron chi connectivity index (χ1n) is 10.9. The number of carbonyl (C=O) groups is 2. The third-order valence-corrected chi connectivity index (χ3v) is 4.96. The van der Waals surface area contributed by atoms with Crippen LogP contribution < -0.4 is 19.6 Å². The Morgan fingerprint density at radius 1 is 0.750 bits per heavy atom. The largest absolute Gasteiger partial charge is 0.446 e. The summed E-state index contributed by atoms with van der Waals surface area (Å²) in [5, 5.41) is 4.43. The number of ether oxygens (including phenoxy) is 3. The van der Waals surface area contributed by atoms with Crippen molar-refractivity contribution in [3.8, 4) is 17.2 Å². The number of carbonyl (C=O) groups excluding carboxylic acids is 2. The van der Waals surface area contributed by atoms with Crippen molar-refractivity contribution in [2.75, 3.05) is 0 Å². The standard InChI is InChI=1S/C28H21ClN2O5/c29-22-9-7-8-21(18-22)27(33)34-25-16-14-20(15-17-25)19-30-31-26(32)28(35-23-10-3-1-4-11-23)36-24-12-5-2-6-13-24/h1-19,28H,(H,31,32). The van der Waals surface area contributed by atoms with E-state index in [0.717, 1.165) is 0 Å². The van der Waals surface area contributed by atoms with Crippen LogP contribution in [0.1, 0.15) is 15.9 Å². The number of hydrogen-bond donors (Lipinski definition) is 1. The highest BCUT2D eigenvalue weighted by atomic mass is 35.5. The molecule has 4 rings (SSSR count). The van der Waals surface area contributed by atoms with E-state index >= 15 is 0 Å². The summed E-state index contributed by atoms with van der Waals surface area (Å²) in [5.41, 5.74) is 3.44. The molecule has 1 amide bonds. The van der Waals surface area contributed by atoms with Crippen molar-refractivity contribution in [3.05, 3.63) is 125 Å². The number of para-hydroxylation sites is 2. The molecule has 0 spiro atoms. The molecule has 0 saturated carbocycles. The number of halogens is 1. The van der Waals surface area contributed by atoms with E-state index in [4.69, 9.17) is 25.8 Å². The van der Waals surface area contributed by atoms with Crippen molar-refractivity contribution in [3.63, 3.8) is 0 Å². The van der Waals surface area contributed by atoms with Crippen LogP contribution in [0.5, 0.6) is 17.2 Å². The van der Waals surface area contributed by atoms with Crippen LogP contribution in [0.25, 0.3) is 0 Å². The number of nitrogens with one attached hydrogen (secondary N) is 1. The van der Waals surface area contributed by atoms with Crippen LogP contribution in [0.2, 0.25) is 5.02 Å². The molecule has 0 bridgehead atoms. The Morgan fingerprint density at radius 3 is 1.94 bits per heavy atom. The van der Waals surface area contributed by atoms with Crippen molar-refractivity contribution < 1.29 is 23.8 Å². The number of nitrogens with zero attached hydrogens (tertiary/aromatic N) is 1. The van der Waals surface area contributed by atoms with Gasteiger partial charge in [0.2, 0.25) is 0 Å². The molecule has 0 aliphatic rings. The molecule has 0 aliphatic heterocycles. The van der Waals surface area contributed by atoms with Crippen LogP contribution in [-0.4, -0.2) is 24.4 Å². The molecule has 180 valence electrons. The number of hydrogen-bond acceptors (Lipinski definition) is 6. The van der Waals surface area contributed by atoms with E-state index in [2.05, 4.69) is 10.5 Å². The Morgan fingerprint density at radius 2 is 1.36 bits per heavy atom. The summed E-state index contributed by atoms with van der Waals surface area (Å²) in [7, 11) is 0. The lowest BCUT2D eigenvalue weighted by atomic mass is 10.2. The normalized spacial score (nSPS) is 10.7. The quantitative estimate of drug-likeness (QED) is 0.108. The van der Waals surface area contributed by atoms with Gasteiger partial charge in [-0.2, -0.15) is 5.10 Å². The molecule has 7 nitrogen and oxygen atoms in total. The molecule has 36 heavy (non-hydrogen) atoms.